The first-order valence-corrected chi connectivity index (χ1v) is 13.1. The van der Waals surface area contributed by atoms with Crippen molar-refractivity contribution in [1.82, 2.24) is 19.3 Å². The molecule has 0 saturated carbocycles. The Balaban J connectivity index is 1.78. The third-order valence-corrected chi connectivity index (χ3v) is 7.55. The van der Waals surface area contributed by atoms with Crippen LogP contribution in [0.1, 0.15) is 16.1 Å². The summed E-state index contributed by atoms with van der Waals surface area (Å²) in [6, 6.07) is 13.4. The molecular formula is C26H18ClF2N5O4S. The van der Waals surface area contributed by atoms with Gasteiger partial charge in [0.2, 0.25) is 0 Å². The van der Waals surface area contributed by atoms with E-state index >= 15 is 0 Å². The topological polar surface area (TPSA) is 140 Å². The number of fused-ring (bicyclic) bond motifs is 1. The second-order valence-corrected chi connectivity index (χ2v) is 10.5. The molecule has 0 aliphatic carbocycles. The lowest BCUT2D eigenvalue weighted by Crippen LogP contribution is -2.34. The van der Waals surface area contributed by atoms with Crippen molar-refractivity contribution in [3.05, 3.63) is 111 Å². The lowest BCUT2D eigenvalue weighted by molar-refractivity contribution is 0.0974. The van der Waals surface area contributed by atoms with Crippen molar-refractivity contribution >= 4 is 44.3 Å². The number of anilines is 1. The predicted octanol–water partition coefficient (Wildman–Crippen LogP) is 4.07. The highest BCUT2D eigenvalue weighted by Crippen LogP contribution is 2.36. The highest BCUT2D eigenvalue weighted by Gasteiger charge is 2.31. The molecule has 0 saturated heterocycles. The van der Waals surface area contributed by atoms with E-state index in [-0.39, 0.29) is 34.2 Å². The van der Waals surface area contributed by atoms with Crippen LogP contribution in [0.3, 0.4) is 0 Å². The fourth-order valence-corrected chi connectivity index (χ4v) is 5.62. The number of hydrogen-bond donors (Lipinski definition) is 3. The number of rotatable bonds is 6. The number of H-pyrrole nitrogens is 1. The van der Waals surface area contributed by atoms with Crippen LogP contribution in [0.4, 0.5) is 14.6 Å². The maximum absolute atomic E-state index is 14.4. The van der Waals surface area contributed by atoms with Gasteiger partial charge in [0.15, 0.2) is 4.90 Å². The second kappa shape index (κ2) is 9.97. The summed E-state index contributed by atoms with van der Waals surface area (Å²) >= 11 is 6.26. The Morgan fingerprint density at radius 3 is 2.51 bits per heavy atom. The summed E-state index contributed by atoms with van der Waals surface area (Å²) in [4.78, 5) is 31.8. The largest absolute Gasteiger partial charge is 0.384 e. The van der Waals surface area contributed by atoms with Gasteiger partial charge in [0.05, 0.1) is 0 Å². The van der Waals surface area contributed by atoms with E-state index < -0.39 is 38.0 Å². The molecule has 198 valence electrons. The van der Waals surface area contributed by atoms with Gasteiger partial charge in [-0.1, -0.05) is 17.7 Å². The molecule has 13 heteroatoms. The Bertz CT molecular complexity index is 1920. The molecule has 39 heavy (non-hydrogen) atoms. The van der Waals surface area contributed by atoms with Gasteiger partial charge in [-0.2, -0.15) is 0 Å². The molecule has 3 heterocycles. The summed E-state index contributed by atoms with van der Waals surface area (Å²) in [5.74, 6) is -3.79. The van der Waals surface area contributed by atoms with E-state index in [4.69, 9.17) is 17.3 Å². The Morgan fingerprint density at radius 1 is 1.08 bits per heavy atom. The normalized spacial score (nSPS) is 11.6. The fraction of sp³-hybridized carbons (Fsp3) is 0.0385. The van der Waals surface area contributed by atoms with Crippen molar-refractivity contribution in [3.8, 4) is 11.1 Å². The molecule has 5 aromatic rings. The van der Waals surface area contributed by atoms with Crippen LogP contribution < -0.4 is 16.0 Å². The van der Waals surface area contributed by atoms with E-state index in [0.29, 0.717) is 16.5 Å². The first-order chi connectivity index (χ1) is 18.6. The minimum absolute atomic E-state index is 0.00749. The molecule has 0 bridgehead atoms. The van der Waals surface area contributed by atoms with Gasteiger partial charge in [0, 0.05) is 46.0 Å². The molecule has 0 spiro atoms. The number of aromatic nitrogens is 3. The second-order valence-electron chi connectivity index (χ2n) is 8.46. The maximum atomic E-state index is 14.4. The number of nitrogens with one attached hydrogen (secondary N) is 2. The predicted molar refractivity (Wildman–Crippen MR) is 142 cm³/mol. The molecule has 2 aromatic carbocycles. The zero-order valence-electron chi connectivity index (χ0n) is 19.8. The number of benzene rings is 2. The van der Waals surface area contributed by atoms with E-state index in [1.54, 1.807) is 29.0 Å². The quantitative estimate of drug-likeness (QED) is 0.282. The number of nitrogens with two attached hydrogens (primary N) is 1. The van der Waals surface area contributed by atoms with Gasteiger partial charge in [-0.3, -0.25) is 9.59 Å². The third kappa shape index (κ3) is 4.87. The van der Waals surface area contributed by atoms with E-state index in [1.807, 2.05) is 0 Å². The summed E-state index contributed by atoms with van der Waals surface area (Å²) < 4.78 is 58.0. The molecule has 1 amide bonds. The SMILES string of the molecule is Nc1cc(Cn2c(C(=O)NS(=O)(=O)c3c(F)cccc3F)c(-c3ccc[nH]c3=O)c3cc(Cl)ccc32)ccn1. The van der Waals surface area contributed by atoms with E-state index in [1.165, 1.54) is 35.2 Å². The minimum atomic E-state index is -5.02. The Labute approximate surface area is 224 Å². The molecule has 5 rings (SSSR count). The smallest absolute Gasteiger partial charge is 0.282 e. The Morgan fingerprint density at radius 2 is 1.82 bits per heavy atom. The Kier molecular flexibility index (Phi) is 6.66. The molecule has 0 unspecified atom stereocenters. The van der Waals surface area contributed by atoms with Gasteiger partial charge >= 0.3 is 0 Å². The highest BCUT2D eigenvalue weighted by molar-refractivity contribution is 7.90. The summed E-state index contributed by atoms with van der Waals surface area (Å²) in [6.07, 6.45) is 2.85. The summed E-state index contributed by atoms with van der Waals surface area (Å²) in [5.41, 5.74) is 6.12. The van der Waals surface area contributed by atoms with Crippen molar-refractivity contribution in [2.45, 2.75) is 11.4 Å². The van der Waals surface area contributed by atoms with Gasteiger partial charge < -0.3 is 15.3 Å². The van der Waals surface area contributed by atoms with Gasteiger partial charge in [0.25, 0.3) is 21.5 Å². The first kappa shape index (κ1) is 26.1. The van der Waals surface area contributed by atoms with Crippen LogP contribution in [-0.2, 0) is 16.6 Å². The monoisotopic (exact) mass is 569 g/mol. The molecular weight excluding hydrogens is 552 g/mol. The van der Waals surface area contributed by atoms with Crippen LogP contribution in [0, 0.1) is 11.6 Å². The average molecular weight is 570 g/mol. The van der Waals surface area contributed by atoms with E-state index in [9.17, 15) is 26.8 Å². The van der Waals surface area contributed by atoms with Crippen molar-refractivity contribution in [2.75, 3.05) is 5.73 Å². The van der Waals surface area contributed by atoms with Gasteiger partial charge in [-0.15, -0.1) is 0 Å². The summed E-state index contributed by atoms with van der Waals surface area (Å²) in [5, 5.41) is 0.648. The van der Waals surface area contributed by atoms with Crippen molar-refractivity contribution in [2.24, 2.45) is 0 Å². The summed E-state index contributed by atoms with van der Waals surface area (Å²) in [6.45, 7) is -0.00749. The van der Waals surface area contributed by atoms with Crippen LogP contribution in [0.5, 0.6) is 0 Å². The fourth-order valence-electron chi connectivity index (χ4n) is 4.35. The third-order valence-electron chi connectivity index (χ3n) is 5.93. The number of pyridine rings is 2. The number of nitrogens with zero attached hydrogens (tertiary/aromatic N) is 2. The number of halogens is 3. The van der Waals surface area contributed by atoms with Crippen molar-refractivity contribution in [3.63, 3.8) is 0 Å². The van der Waals surface area contributed by atoms with Gasteiger partial charge in [0.1, 0.15) is 23.1 Å². The standard InChI is InChI=1S/C26H18ClF2N5O4S/c27-15-6-7-20-17(12-15)22(16-3-2-9-32-25(16)35)23(34(20)13-14-8-10-31-21(30)11-14)26(36)33-39(37,38)24-18(28)4-1-5-19(24)29/h1-12H,13H2,(H2,30,31)(H,32,35)(H,33,36). The van der Waals surface area contributed by atoms with Crippen LogP contribution in [0.2, 0.25) is 5.02 Å². The van der Waals surface area contributed by atoms with E-state index in [0.717, 1.165) is 18.2 Å². The number of hydrogen-bond acceptors (Lipinski definition) is 6. The molecule has 4 N–H and O–H groups in total. The molecule has 9 nitrogen and oxygen atoms in total. The lowest BCUT2D eigenvalue weighted by atomic mass is 10.0. The van der Waals surface area contributed by atoms with E-state index in [2.05, 4.69) is 9.97 Å². The molecule has 0 fully saturated rings. The average Bonchev–Trinajstić information content (AvgIpc) is 3.16. The molecule has 0 radical (unpaired) electrons. The van der Waals surface area contributed by atoms with Crippen molar-refractivity contribution < 1.29 is 22.0 Å². The molecule has 0 aliphatic rings. The molecule has 0 atom stereocenters. The molecule has 0 aliphatic heterocycles. The molecule has 3 aromatic heterocycles. The van der Waals surface area contributed by atoms with Crippen LogP contribution >= 0.6 is 11.6 Å². The van der Waals surface area contributed by atoms with Crippen LogP contribution in [-0.4, -0.2) is 28.9 Å². The zero-order valence-corrected chi connectivity index (χ0v) is 21.4. The maximum Gasteiger partial charge on any atom is 0.282 e. The number of nitrogen functional groups attached to an aromatic ring is 1. The number of carbonyl (C=O) groups excluding carboxylic acids is 1. The highest BCUT2D eigenvalue weighted by atomic mass is 35.5. The lowest BCUT2D eigenvalue weighted by Gasteiger charge is -2.14. The van der Waals surface area contributed by atoms with Crippen molar-refractivity contribution in [1.29, 1.82) is 0 Å². The van der Waals surface area contributed by atoms with Gasteiger partial charge in [-0.05, 0) is 60.2 Å². The van der Waals surface area contributed by atoms with Crippen LogP contribution in [0.25, 0.3) is 22.0 Å². The number of aromatic amines is 1. The first-order valence-electron chi connectivity index (χ1n) is 11.3. The zero-order chi connectivity index (χ0) is 27.9. The Hall–Kier alpha value is -4.55. The summed E-state index contributed by atoms with van der Waals surface area (Å²) in [7, 11) is -5.02. The van der Waals surface area contributed by atoms with Crippen LogP contribution in [0.15, 0.2) is 82.7 Å². The number of carbonyl (C=O) groups is 1. The minimum Gasteiger partial charge on any atom is -0.384 e. The number of amides is 1. The number of sulfonamides is 1. The van der Waals surface area contributed by atoms with Gasteiger partial charge in [-0.25, -0.2) is 26.9 Å².